The molecule has 2 rings (SSSR count). The van der Waals surface area contributed by atoms with Crippen LogP contribution in [0.5, 0.6) is 0 Å². The zero-order chi connectivity index (χ0) is 14.9. The van der Waals surface area contributed by atoms with E-state index in [2.05, 4.69) is 34.5 Å². The van der Waals surface area contributed by atoms with Crippen LogP contribution in [0, 0.1) is 0 Å². The van der Waals surface area contributed by atoms with Gasteiger partial charge in [-0.15, -0.1) is 0 Å². The van der Waals surface area contributed by atoms with Crippen LogP contribution in [-0.4, -0.2) is 43.2 Å². The van der Waals surface area contributed by atoms with Gasteiger partial charge in [0, 0.05) is 32.2 Å². The van der Waals surface area contributed by atoms with E-state index in [-0.39, 0.29) is 5.97 Å². The first-order valence-corrected chi connectivity index (χ1v) is 7.93. The molecule has 0 atom stereocenters. The van der Waals surface area contributed by atoms with Crippen LogP contribution in [0.1, 0.15) is 31.7 Å². The monoisotopic (exact) mass is 290 g/mol. The van der Waals surface area contributed by atoms with E-state index >= 15 is 0 Å². The Morgan fingerprint density at radius 1 is 1.29 bits per heavy atom. The van der Waals surface area contributed by atoms with E-state index in [0.717, 1.165) is 32.2 Å². The number of ether oxygens (including phenoxy) is 1. The summed E-state index contributed by atoms with van der Waals surface area (Å²) in [5.74, 6) is -0.106. The predicted molar refractivity (Wildman–Crippen MR) is 84.0 cm³/mol. The highest BCUT2D eigenvalue weighted by Crippen LogP contribution is 2.18. The second-order valence-electron chi connectivity index (χ2n) is 5.55. The Kier molecular flexibility index (Phi) is 6.70. The minimum absolute atomic E-state index is 0.106. The maximum atomic E-state index is 11.5. The van der Waals surface area contributed by atoms with Gasteiger partial charge in [0.25, 0.3) is 0 Å². The molecular weight excluding hydrogens is 264 g/mol. The number of nitrogens with zero attached hydrogens (tertiary/aromatic N) is 1. The molecule has 0 aromatic heterocycles. The molecule has 1 saturated carbocycles. The summed E-state index contributed by atoms with van der Waals surface area (Å²) < 4.78 is 5.01. The van der Waals surface area contributed by atoms with Crippen molar-refractivity contribution in [1.82, 2.24) is 10.2 Å². The lowest BCUT2D eigenvalue weighted by molar-refractivity contribution is -0.143. The van der Waals surface area contributed by atoms with Crippen molar-refractivity contribution in [2.24, 2.45) is 0 Å². The molecular formula is C17H26N2O2. The van der Waals surface area contributed by atoms with Crippen LogP contribution in [0.2, 0.25) is 0 Å². The largest absolute Gasteiger partial charge is 0.466 e. The van der Waals surface area contributed by atoms with Crippen molar-refractivity contribution < 1.29 is 9.53 Å². The SMILES string of the molecule is CCOC(=O)CCN(CCNC1CC1)Cc1ccccc1. The van der Waals surface area contributed by atoms with Crippen molar-refractivity contribution >= 4 is 5.97 Å². The molecule has 1 fully saturated rings. The number of carbonyl (C=O) groups is 1. The Morgan fingerprint density at radius 2 is 2.05 bits per heavy atom. The highest BCUT2D eigenvalue weighted by molar-refractivity contribution is 5.69. The molecule has 1 aliphatic rings. The molecule has 1 aromatic rings. The molecule has 0 bridgehead atoms. The zero-order valence-electron chi connectivity index (χ0n) is 12.9. The number of benzene rings is 1. The van der Waals surface area contributed by atoms with Crippen LogP contribution in [0.25, 0.3) is 0 Å². The second-order valence-corrected chi connectivity index (χ2v) is 5.55. The molecule has 4 heteroatoms. The molecule has 0 unspecified atom stereocenters. The molecule has 0 amide bonds. The molecule has 0 heterocycles. The molecule has 1 aliphatic carbocycles. The number of hydrogen-bond acceptors (Lipinski definition) is 4. The first kappa shape index (κ1) is 16.0. The molecule has 0 aliphatic heterocycles. The molecule has 0 radical (unpaired) electrons. The number of rotatable bonds is 10. The summed E-state index contributed by atoms with van der Waals surface area (Å²) in [6, 6.07) is 11.1. The second kappa shape index (κ2) is 8.80. The van der Waals surface area contributed by atoms with Crippen molar-refractivity contribution in [3.63, 3.8) is 0 Å². The maximum Gasteiger partial charge on any atom is 0.307 e. The average molecular weight is 290 g/mol. The van der Waals surface area contributed by atoms with Crippen molar-refractivity contribution in [1.29, 1.82) is 0 Å². The standard InChI is InChI=1S/C17H26N2O2/c1-2-21-17(20)10-12-19(13-11-18-16-8-9-16)14-15-6-4-3-5-7-15/h3-7,16,18H,2,8-14H2,1H3. The maximum absolute atomic E-state index is 11.5. The summed E-state index contributed by atoms with van der Waals surface area (Å²) in [6.07, 6.45) is 3.08. The van der Waals surface area contributed by atoms with Gasteiger partial charge in [-0.25, -0.2) is 0 Å². The fourth-order valence-corrected chi connectivity index (χ4v) is 2.31. The molecule has 0 spiro atoms. The summed E-state index contributed by atoms with van der Waals surface area (Å²) in [7, 11) is 0. The normalized spacial score (nSPS) is 14.4. The van der Waals surface area contributed by atoms with Crippen LogP contribution < -0.4 is 5.32 Å². The van der Waals surface area contributed by atoms with Gasteiger partial charge in [-0.3, -0.25) is 9.69 Å². The minimum Gasteiger partial charge on any atom is -0.466 e. The van der Waals surface area contributed by atoms with Crippen LogP contribution >= 0.6 is 0 Å². The molecule has 116 valence electrons. The van der Waals surface area contributed by atoms with Gasteiger partial charge < -0.3 is 10.1 Å². The third-order valence-electron chi connectivity index (χ3n) is 3.62. The minimum atomic E-state index is -0.106. The van der Waals surface area contributed by atoms with Gasteiger partial charge in [-0.1, -0.05) is 30.3 Å². The van der Waals surface area contributed by atoms with E-state index in [9.17, 15) is 4.79 Å². The van der Waals surface area contributed by atoms with Gasteiger partial charge in [0.1, 0.15) is 0 Å². The van der Waals surface area contributed by atoms with Gasteiger partial charge in [0.2, 0.25) is 0 Å². The Hall–Kier alpha value is -1.39. The molecule has 1 aromatic carbocycles. The topological polar surface area (TPSA) is 41.6 Å². The molecule has 0 saturated heterocycles. The van der Waals surface area contributed by atoms with Gasteiger partial charge in [-0.05, 0) is 25.3 Å². The lowest BCUT2D eigenvalue weighted by atomic mass is 10.2. The lowest BCUT2D eigenvalue weighted by Crippen LogP contribution is -2.34. The Balaban J connectivity index is 1.78. The predicted octanol–water partition coefficient (Wildman–Crippen LogP) is 2.19. The van der Waals surface area contributed by atoms with Crippen LogP contribution in [-0.2, 0) is 16.1 Å². The van der Waals surface area contributed by atoms with Gasteiger partial charge in [0.05, 0.1) is 13.0 Å². The van der Waals surface area contributed by atoms with Crippen LogP contribution in [0.4, 0.5) is 0 Å². The summed E-state index contributed by atoms with van der Waals surface area (Å²) in [5.41, 5.74) is 1.28. The summed E-state index contributed by atoms with van der Waals surface area (Å²) in [6.45, 7) is 5.89. The fraction of sp³-hybridized carbons (Fsp3) is 0.588. The number of nitrogens with one attached hydrogen (secondary N) is 1. The fourth-order valence-electron chi connectivity index (χ4n) is 2.31. The third-order valence-corrected chi connectivity index (χ3v) is 3.62. The quantitative estimate of drug-likeness (QED) is 0.671. The highest BCUT2D eigenvalue weighted by Gasteiger charge is 2.20. The molecule has 21 heavy (non-hydrogen) atoms. The van der Waals surface area contributed by atoms with Crippen LogP contribution in [0.15, 0.2) is 30.3 Å². The smallest absolute Gasteiger partial charge is 0.307 e. The summed E-state index contributed by atoms with van der Waals surface area (Å²) in [5, 5.41) is 3.53. The first-order chi connectivity index (χ1) is 10.3. The first-order valence-electron chi connectivity index (χ1n) is 7.93. The van der Waals surface area contributed by atoms with Crippen molar-refractivity contribution in [2.45, 2.75) is 38.8 Å². The van der Waals surface area contributed by atoms with E-state index in [1.54, 1.807) is 0 Å². The lowest BCUT2D eigenvalue weighted by Gasteiger charge is -2.22. The Labute approximate surface area is 127 Å². The third kappa shape index (κ3) is 6.74. The van der Waals surface area contributed by atoms with Crippen LogP contribution in [0.3, 0.4) is 0 Å². The van der Waals surface area contributed by atoms with Gasteiger partial charge in [-0.2, -0.15) is 0 Å². The van der Waals surface area contributed by atoms with Crippen molar-refractivity contribution in [2.75, 3.05) is 26.2 Å². The molecule has 4 nitrogen and oxygen atoms in total. The van der Waals surface area contributed by atoms with Gasteiger partial charge in [0.15, 0.2) is 0 Å². The number of esters is 1. The molecule has 1 N–H and O–H groups in total. The summed E-state index contributed by atoms with van der Waals surface area (Å²) >= 11 is 0. The number of carbonyl (C=O) groups excluding carboxylic acids is 1. The van der Waals surface area contributed by atoms with Crippen molar-refractivity contribution in [3.8, 4) is 0 Å². The number of hydrogen-bond donors (Lipinski definition) is 1. The Bertz CT molecular complexity index is 418. The van der Waals surface area contributed by atoms with E-state index in [1.165, 1.54) is 18.4 Å². The Morgan fingerprint density at radius 3 is 2.71 bits per heavy atom. The van der Waals surface area contributed by atoms with E-state index in [0.29, 0.717) is 13.0 Å². The van der Waals surface area contributed by atoms with E-state index in [1.807, 2.05) is 13.0 Å². The van der Waals surface area contributed by atoms with E-state index in [4.69, 9.17) is 4.74 Å². The van der Waals surface area contributed by atoms with E-state index < -0.39 is 0 Å². The zero-order valence-corrected chi connectivity index (χ0v) is 12.9. The van der Waals surface area contributed by atoms with Crippen molar-refractivity contribution in [3.05, 3.63) is 35.9 Å². The summed E-state index contributed by atoms with van der Waals surface area (Å²) in [4.78, 5) is 13.8. The van der Waals surface area contributed by atoms with Gasteiger partial charge >= 0.3 is 5.97 Å². The highest BCUT2D eigenvalue weighted by atomic mass is 16.5. The average Bonchev–Trinajstić information content (AvgIpc) is 3.30.